The van der Waals surface area contributed by atoms with Gasteiger partial charge in [0.1, 0.15) is 46.9 Å². The van der Waals surface area contributed by atoms with E-state index in [1.807, 2.05) is 209 Å². The van der Waals surface area contributed by atoms with Crippen LogP contribution in [0, 0.1) is 27.7 Å². The van der Waals surface area contributed by atoms with Gasteiger partial charge < -0.3 is 24.8 Å². The fourth-order valence-corrected chi connectivity index (χ4v) is 12.7. The number of imidazole rings is 2. The quantitative estimate of drug-likeness (QED) is 0.169. The summed E-state index contributed by atoms with van der Waals surface area (Å²) in [5, 5.41) is 22.1. The highest BCUT2D eigenvalue weighted by atomic mass is 35.5. The first-order valence-electron chi connectivity index (χ1n) is 38.3. The zero-order valence-electron chi connectivity index (χ0n) is 72.8. The summed E-state index contributed by atoms with van der Waals surface area (Å²) in [4.78, 5) is 130. The minimum Gasteiger partial charge on any atom is -0.382 e. The summed E-state index contributed by atoms with van der Waals surface area (Å²) in [7, 11) is 5.49. The van der Waals surface area contributed by atoms with Crippen LogP contribution >= 0.6 is 11.6 Å². The van der Waals surface area contributed by atoms with Gasteiger partial charge in [-0.05, 0) is 209 Å². The maximum atomic E-state index is 12.7. The van der Waals surface area contributed by atoms with E-state index in [1.165, 1.54) is 38.7 Å². The van der Waals surface area contributed by atoms with E-state index in [9.17, 15) is 38.4 Å². The summed E-state index contributed by atoms with van der Waals surface area (Å²) in [6, 6.07) is 13.8. The van der Waals surface area contributed by atoms with Gasteiger partial charge in [-0.2, -0.15) is 24.2 Å². The first-order valence-corrected chi connectivity index (χ1v) is 38.7. The van der Waals surface area contributed by atoms with E-state index in [2.05, 4.69) is 65.4 Å². The molecule has 15 heterocycles. The highest BCUT2D eigenvalue weighted by Gasteiger charge is 2.28. The maximum Gasteiger partial charge on any atom is 0.351 e. The lowest BCUT2D eigenvalue weighted by Crippen LogP contribution is -2.38. The van der Waals surface area contributed by atoms with Gasteiger partial charge in [-0.3, -0.25) is 51.6 Å². The van der Waals surface area contributed by atoms with E-state index >= 15 is 0 Å². The van der Waals surface area contributed by atoms with Crippen molar-refractivity contribution < 1.29 is 4.74 Å². The number of hydrogen-bond donors (Lipinski definition) is 1. The van der Waals surface area contributed by atoms with E-state index in [4.69, 9.17) is 22.1 Å². The molecule has 2 N–H and O–H groups in total. The van der Waals surface area contributed by atoms with Crippen LogP contribution in [0.25, 0.3) is 55.3 Å². The van der Waals surface area contributed by atoms with Crippen molar-refractivity contribution in [3.63, 3.8) is 0 Å². The van der Waals surface area contributed by atoms with E-state index in [-0.39, 0.29) is 89.3 Å². The number of pyridine rings is 4. The molecule has 0 saturated carbocycles. The Labute approximate surface area is 685 Å². The number of nitrogens with zero attached hydrogens (tertiary/aromatic N) is 26. The number of anilines is 3. The molecule has 36 nitrogen and oxygen atoms in total. The molecule has 0 atom stereocenters. The molecule has 0 bridgehead atoms. The van der Waals surface area contributed by atoms with Crippen LogP contribution in [0.15, 0.2) is 137 Å². The Morgan fingerprint density at radius 2 is 1.00 bits per heavy atom. The van der Waals surface area contributed by atoms with Gasteiger partial charge >= 0.3 is 11.4 Å². The molecule has 630 valence electrons. The second kappa shape index (κ2) is 33.8. The van der Waals surface area contributed by atoms with Gasteiger partial charge in [0.2, 0.25) is 11.9 Å². The Morgan fingerprint density at radius 1 is 0.492 bits per heavy atom. The minimum absolute atomic E-state index is 0.0486. The van der Waals surface area contributed by atoms with Crippen molar-refractivity contribution in [2.45, 2.75) is 212 Å². The molecule has 0 aromatic carbocycles. The molecular formula is C81H110ClN27O9. The monoisotopic (exact) mass is 1640 g/mol. The molecule has 37 heteroatoms. The Kier molecular flexibility index (Phi) is 25.7. The molecule has 1 aliphatic rings. The average Bonchev–Trinajstić information content (AvgIpc) is 1.47. The van der Waals surface area contributed by atoms with Crippen LogP contribution in [0.5, 0.6) is 0 Å². The van der Waals surface area contributed by atoms with Crippen molar-refractivity contribution in [1.29, 1.82) is 0 Å². The number of nitrogens with two attached hydrogens (primary N) is 1. The van der Waals surface area contributed by atoms with E-state index < -0.39 is 0 Å². The first kappa shape index (κ1) is 89.7. The molecule has 14 aromatic rings. The van der Waals surface area contributed by atoms with Crippen molar-refractivity contribution in [3.05, 3.63) is 210 Å². The van der Waals surface area contributed by atoms with Crippen molar-refractivity contribution in [2.75, 3.05) is 55.9 Å². The molecule has 14 aromatic heterocycles. The molecule has 0 unspecified atom stereocenters. The number of nitrogen functional groups attached to an aromatic ring is 1. The lowest BCUT2D eigenvalue weighted by molar-refractivity contribution is 0.122. The van der Waals surface area contributed by atoms with Gasteiger partial charge in [-0.1, -0.05) is 22.9 Å². The number of rotatable bonds is 2. The van der Waals surface area contributed by atoms with Crippen molar-refractivity contribution >= 4 is 84.6 Å². The van der Waals surface area contributed by atoms with Gasteiger partial charge in [-0.25, -0.2) is 57.7 Å². The Bertz CT molecular complexity index is 6570. The summed E-state index contributed by atoms with van der Waals surface area (Å²) >= 11 is 5.99. The van der Waals surface area contributed by atoms with Crippen LogP contribution in [0.3, 0.4) is 0 Å². The fourth-order valence-electron chi connectivity index (χ4n) is 12.5. The topological polar surface area (TPSA) is 390 Å². The Morgan fingerprint density at radius 3 is 1.56 bits per heavy atom. The summed E-state index contributed by atoms with van der Waals surface area (Å²) in [5.41, 5.74) is 9.80. The van der Waals surface area contributed by atoms with Gasteiger partial charge in [0.15, 0.2) is 27.8 Å². The van der Waals surface area contributed by atoms with E-state index in [0.717, 1.165) is 24.7 Å². The number of aromatic nitrogens is 24. The molecule has 0 aliphatic carbocycles. The molecule has 0 amide bonds. The van der Waals surface area contributed by atoms with E-state index in [0.29, 0.717) is 96.6 Å². The Hall–Kier alpha value is -12.2. The number of fused-ring (bicyclic) bond motifs is 7. The third kappa shape index (κ3) is 19.2. The van der Waals surface area contributed by atoms with Gasteiger partial charge in [0.05, 0.1) is 46.9 Å². The van der Waals surface area contributed by atoms with Crippen molar-refractivity contribution in [1.82, 2.24) is 115 Å². The molecule has 118 heavy (non-hydrogen) atoms. The summed E-state index contributed by atoms with van der Waals surface area (Å²) in [6.45, 7) is 51.5. The van der Waals surface area contributed by atoms with Crippen LogP contribution in [-0.2, 0) is 50.6 Å². The third-order valence-corrected chi connectivity index (χ3v) is 19.0. The Balaban J connectivity index is 0.000000157. The van der Waals surface area contributed by atoms with Crippen LogP contribution < -0.4 is 60.3 Å². The largest absolute Gasteiger partial charge is 0.382 e. The van der Waals surface area contributed by atoms with Crippen LogP contribution in [-0.4, -0.2) is 155 Å². The lowest BCUT2D eigenvalue weighted by Gasteiger charge is -2.27. The van der Waals surface area contributed by atoms with Crippen LogP contribution in [0.1, 0.15) is 168 Å². The number of ether oxygens (including phenoxy) is 1. The smallest absolute Gasteiger partial charge is 0.351 e. The number of aryl methyl sites for hydroxylation is 5. The number of morpholine rings is 1. The molecule has 15 rings (SSSR count). The third-order valence-electron chi connectivity index (χ3n) is 18.7. The van der Waals surface area contributed by atoms with E-state index in [1.54, 1.807) is 104 Å². The minimum atomic E-state index is -0.324. The highest BCUT2D eigenvalue weighted by Crippen LogP contribution is 2.24. The molecule has 0 radical (unpaired) electrons. The number of hydrogen-bond acceptors (Lipinski definition) is 24. The zero-order valence-corrected chi connectivity index (χ0v) is 73.6. The van der Waals surface area contributed by atoms with Crippen molar-refractivity contribution in [3.8, 4) is 0 Å². The fraction of sp³-hybridized carbons (Fsp3) is 0.481. The van der Waals surface area contributed by atoms with Gasteiger partial charge in [-0.15, -0.1) is 10.2 Å². The summed E-state index contributed by atoms with van der Waals surface area (Å²) in [5.74, 6) is 1.68. The standard InChI is InChI=1S/C14H21N5O2.C12H19N5O.C12H15N3O2.C11H12ClN3O.C11H14N4O.C11H15N3O.C10H14N4O/c1-10-11-12(20)18(14(2,3)4)9-15-19(11)13(16-10)17-5-7-21-8-6-17;1-8-9-10(18)16(12(2,3)4)7-13-17(9)11(14-8)15(5)6;1-8-7-10(16)13-9-5-6-14(12(2,3)4)11(17)15(8)9;1-11(2,3)15-6-14-9-8(10(15)16)7(12)4-5-13-9;1-11(2,3)15-6-14-8-7(10(15)16)4-5-13-9(8)12;1-8-6-5-7-9-12-14(11(2,3)4)10(15)13(8)9;1-10(2,3)14-6-5-7-8(9(14)15)13(4)12-11-7/h9H,5-8H2,1-4H3;7H,1-6H3;5-7H,1-4H3;4-6H,1-3H3;4-6H,1-3H3,(H2,12,13);5-7H,1-4H3;5-6H,1-4H3. The lowest BCUT2D eigenvalue weighted by atomic mass is 10.1. The maximum absolute atomic E-state index is 12.7. The van der Waals surface area contributed by atoms with Crippen LogP contribution in [0.4, 0.5) is 17.7 Å². The summed E-state index contributed by atoms with van der Waals surface area (Å²) < 4.78 is 24.5. The second-order valence-corrected chi connectivity index (χ2v) is 36.0. The molecule has 1 fully saturated rings. The van der Waals surface area contributed by atoms with Gasteiger partial charge in [0.25, 0.3) is 33.4 Å². The first-order chi connectivity index (χ1) is 54.6. The molecule has 1 saturated heterocycles. The summed E-state index contributed by atoms with van der Waals surface area (Å²) in [6.07, 6.45) is 12.7. The SMILES string of the molecule is CC(C)(C)n1cnc2c(N)nccc2c1=O.CC(C)(C)n1cnc2nccc(Cl)c2c1=O.Cc1cc(=O)nc2ccn(C(C)(C)C)c(=O)n12.Cc1cccc2nn(C(C)(C)C)c(=O)n12.Cc1nc(N(C)C)n2ncn(C(C)(C)C)c(=O)c12.Cc1nc(N2CCOCC2)n2ncn(C(C)(C)C)c(=O)c12.Cn1nnc2ccn(C(C)(C)C)c(=O)c21. The van der Waals surface area contributed by atoms with Gasteiger partial charge in [0, 0.05) is 110 Å². The van der Waals surface area contributed by atoms with Crippen LogP contribution in [0.2, 0.25) is 5.02 Å². The van der Waals surface area contributed by atoms with Crippen molar-refractivity contribution in [2.24, 2.45) is 7.05 Å². The normalized spacial score (nSPS) is 12.9. The molecule has 1 aliphatic heterocycles. The average molecular weight is 1640 g/mol. The zero-order chi connectivity index (χ0) is 87.9. The second-order valence-electron chi connectivity index (χ2n) is 35.6. The predicted molar refractivity (Wildman–Crippen MR) is 461 cm³/mol. The highest BCUT2D eigenvalue weighted by molar-refractivity contribution is 6.35. The molecular weight excluding hydrogens is 1530 g/mol. The molecule has 0 spiro atoms. The predicted octanol–water partition coefficient (Wildman–Crippen LogP) is 8.50. The number of halogens is 1.